The van der Waals surface area contributed by atoms with Gasteiger partial charge in [0, 0.05) is 28.0 Å². The molecule has 4 heteroatoms. The van der Waals surface area contributed by atoms with E-state index < -0.39 is 0 Å². The lowest BCUT2D eigenvalue weighted by atomic mass is 10.2. The van der Waals surface area contributed by atoms with Crippen molar-refractivity contribution in [3.8, 4) is 0 Å². The van der Waals surface area contributed by atoms with E-state index in [0.717, 1.165) is 22.3 Å². The fourth-order valence-electron chi connectivity index (χ4n) is 1.84. The van der Waals surface area contributed by atoms with Gasteiger partial charge in [0.05, 0.1) is 5.52 Å². The molecule has 3 aromatic rings. The van der Waals surface area contributed by atoms with Gasteiger partial charge in [-0.15, -0.1) is 0 Å². The van der Waals surface area contributed by atoms with Crippen molar-refractivity contribution in [3.63, 3.8) is 0 Å². The highest BCUT2D eigenvalue weighted by Gasteiger charge is 2.02. The molecule has 88 valence electrons. The number of halogens is 1. The number of nitrogens with one attached hydrogen (secondary N) is 1. The molecule has 0 radical (unpaired) electrons. The summed E-state index contributed by atoms with van der Waals surface area (Å²) in [5, 5.41) is 5.01. The van der Waals surface area contributed by atoms with E-state index in [-0.39, 0.29) is 0 Å². The Balaban J connectivity index is 2.05. The Labute approximate surface area is 109 Å². The second kappa shape index (κ2) is 4.63. The van der Waals surface area contributed by atoms with Crippen molar-refractivity contribution in [1.29, 1.82) is 0 Å². The predicted octanol–water partition coefficient (Wildman–Crippen LogP) is 4.03. The molecule has 3 nitrogen and oxygen atoms in total. The topological polar surface area (TPSA) is 37.8 Å². The molecular formula is C14H10ClN3. The van der Waals surface area contributed by atoms with Crippen LogP contribution in [0.4, 0.5) is 11.4 Å². The Morgan fingerprint density at radius 3 is 2.83 bits per heavy atom. The van der Waals surface area contributed by atoms with Crippen LogP contribution in [0.3, 0.4) is 0 Å². The molecule has 0 amide bonds. The van der Waals surface area contributed by atoms with E-state index in [1.54, 1.807) is 12.5 Å². The van der Waals surface area contributed by atoms with Crippen LogP contribution >= 0.6 is 11.6 Å². The van der Waals surface area contributed by atoms with Gasteiger partial charge in [0.1, 0.15) is 6.33 Å². The minimum atomic E-state index is 0.705. The summed E-state index contributed by atoms with van der Waals surface area (Å²) in [5.74, 6) is 0. The van der Waals surface area contributed by atoms with E-state index in [1.807, 2.05) is 42.5 Å². The predicted molar refractivity (Wildman–Crippen MR) is 74.3 cm³/mol. The number of rotatable bonds is 2. The summed E-state index contributed by atoms with van der Waals surface area (Å²) < 4.78 is 0. The number of hydrogen-bond acceptors (Lipinski definition) is 3. The Morgan fingerprint density at radius 1 is 1.06 bits per heavy atom. The van der Waals surface area contributed by atoms with Gasteiger partial charge in [-0.05, 0) is 30.3 Å². The molecule has 0 fully saturated rings. The molecule has 2 aromatic carbocycles. The Hall–Kier alpha value is -2.13. The van der Waals surface area contributed by atoms with Crippen LogP contribution < -0.4 is 5.32 Å². The third-order valence-corrected chi connectivity index (χ3v) is 2.89. The van der Waals surface area contributed by atoms with Crippen molar-refractivity contribution in [2.45, 2.75) is 0 Å². The van der Waals surface area contributed by atoms with E-state index in [4.69, 9.17) is 11.6 Å². The maximum atomic E-state index is 5.96. The van der Waals surface area contributed by atoms with Crippen LogP contribution in [0.25, 0.3) is 10.9 Å². The van der Waals surface area contributed by atoms with Crippen molar-refractivity contribution in [2.24, 2.45) is 0 Å². The molecule has 0 atom stereocenters. The number of fused-ring (bicyclic) bond motifs is 1. The molecule has 1 aromatic heterocycles. The van der Waals surface area contributed by atoms with E-state index in [9.17, 15) is 0 Å². The van der Waals surface area contributed by atoms with Gasteiger partial charge in [-0.3, -0.25) is 0 Å². The average molecular weight is 256 g/mol. The molecule has 0 aliphatic carbocycles. The number of anilines is 2. The van der Waals surface area contributed by atoms with Gasteiger partial charge in [0.25, 0.3) is 0 Å². The van der Waals surface area contributed by atoms with E-state index >= 15 is 0 Å². The summed E-state index contributed by atoms with van der Waals surface area (Å²) in [7, 11) is 0. The van der Waals surface area contributed by atoms with Crippen LogP contribution in [0.5, 0.6) is 0 Å². The highest BCUT2D eigenvalue weighted by Crippen LogP contribution is 2.25. The first kappa shape index (κ1) is 11.0. The van der Waals surface area contributed by atoms with E-state index in [1.165, 1.54) is 0 Å². The number of aromatic nitrogens is 2. The number of hydrogen-bond donors (Lipinski definition) is 1. The molecule has 0 saturated carbocycles. The van der Waals surface area contributed by atoms with Crippen molar-refractivity contribution in [3.05, 3.63) is 60.0 Å². The van der Waals surface area contributed by atoms with Crippen LogP contribution in [0.1, 0.15) is 0 Å². The molecule has 0 unspecified atom stereocenters. The van der Waals surface area contributed by atoms with Gasteiger partial charge < -0.3 is 5.32 Å². The van der Waals surface area contributed by atoms with Gasteiger partial charge in [-0.25, -0.2) is 9.97 Å². The normalized spacial score (nSPS) is 10.5. The zero-order valence-corrected chi connectivity index (χ0v) is 10.2. The zero-order chi connectivity index (χ0) is 12.4. The maximum Gasteiger partial charge on any atom is 0.116 e. The van der Waals surface area contributed by atoms with Gasteiger partial charge in [0.15, 0.2) is 0 Å². The first-order chi connectivity index (χ1) is 8.83. The number of benzene rings is 2. The molecular weight excluding hydrogens is 246 g/mol. The Morgan fingerprint density at radius 2 is 1.94 bits per heavy atom. The SMILES string of the molecule is Clc1cccc(Nc2cccc3ncncc23)c1. The van der Waals surface area contributed by atoms with Crippen LogP contribution in [-0.4, -0.2) is 9.97 Å². The van der Waals surface area contributed by atoms with Crippen LogP contribution in [0, 0.1) is 0 Å². The molecule has 0 saturated heterocycles. The molecule has 3 rings (SSSR count). The monoisotopic (exact) mass is 255 g/mol. The first-order valence-corrected chi connectivity index (χ1v) is 5.92. The summed E-state index contributed by atoms with van der Waals surface area (Å²) in [6.45, 7) is 0. The highest BCUT2D eigenvalue weighted by atomic mass is 35.5. The van der Waals surface area contributed by atoms with Crippen molar-refractivity contribution in [1.82, 2.24) is 9.97 Å². The minimum absolute atomic E-state index is 0.705. The lowest BCUT2D eigenvalue weighted by molar-refractivity contribution is 1.22. The van der Waals surface area contributed by atoms with Crippen LogP contribution in [0.15, 0.2) is 55.0 Å². The van der Waals surface area contributed by atoms with Crippen LogP contribution in [0.2, 0.25) is 5.02 Å². The van der Waals surface area contributed by atoms with E-state index in [2.05, 4.69) is 15.3 Å². The molecule has 18 heavy (non-hydrogen) atoms. The molecule has 0 aliphatic rings. The maximum absolute atomic E-state index is 5.96. The fraction of sp³-hybridized carbons (Fsp3) is 0. The van der Waals surface area contributed by atoms with Gasteiger partial charge in [-0.2, -0.15) is 0 Å². The Kier molecular flexibility index (Phi) is 2.82. The zero-order valence-electron chi connectivity index (χ0n) is 9.47. The molecule has 0 spiro atoms. The lowest BCUT2D eigenvalue weighted by Crippen LogP contribution is -1.92. The largest absolute Gasteiger partial charge is 0.355 e. The highest BCUT2D eigenvalue weighted by molar-refractivity contribution is 6.30. The lowest BCUT2D eigenvalue weighted by Gasteiger charge is -2.09. The quantitative estimate of drug-likeness (QED) is 0.751. The third-order valence-electron chi connectivity index (χ3n) is 2.65. The third kappa shape index (κ3) is 2.13. The summed E-state index contributed by atoms with van der Waals surface area (Å²) in [6.07, 6.45) is 3.35. The molecule has 1 N–H and O–H groups in total. The summed E-state index contributed by atoms with van der Waals surface area (Å²) in [5.41, 5.74) is 2.83. The van der Waals surface area contributed by atoms with Crippen molar-refractivity contribution < 1.29 is 0 Å². The second-order valence-electron chi connectivity index (χ2n) is 3.90. The fourth-order valence-corrected chi connectivity index (χ4v) is 2.03. The van der Waals surface area contributed by atoms with Crippen molar-refractivity contribution in [2.75, 3.05) is 5.32 Å². The summed E-state index contributed by atoms with van der Waals surface area (Å²) in [6, 6.07) is 13.5. The van der Waals surface area contributed by atoms with Crippen LogP contribution in [-0.2, 0) is 0 Å². The standard InChI is InChI=1S/C14H10ClN3/c15-10-3-1-4-11(7-10)18-14-6-2-5-13-12(14)8-16-9-17-13/h1-9,18H. The van der Waals surface area contributed by atoms with Crippen molar-refractivity contribution >= 4 is 33.9 Å². The minimum Gasteiger partial charge on any atom is -0.355 e. The number of nitrogens with zero attached hydrogens (tertiary/aromatic N) is 2. The summed E-state index contributed by atoms with van der Waals surface area (Å²) >= 11 is 5.96. The summed E-state index contributed by atoms with van der Waals surface area (Å²) in [4.78, 5) is 8.28. The second-order valence-corrected chi connectivity index (χ2v) is 4.33. The van der Waals surface area contributed by atoms with Gasteiger partial charge in [0.2, 0.25) is 0 Å². The average Bonchev–Trinajstić information content (AvgIpc) is 2.39. The van der Waals surface area contributed by atoms with Gasteiger partial charge in [-0.1, -0.05) is 23.7 Å². The Bertz CT molecular complexity index is 692. The molecule has 0 aliphatic heterocycles. The first-order valence-electron chi connectivity index (χ1n) is 5.54. The molecule has 1 heterocycles. The van der Waals surface area contributed by atoms with Gasteiger partial charge >= 0.3 is 0 Å². The molecule has 0 bridgehead atoms. The van der Waals surface area contributed by atoms with E-state index in [0.29, 0.717) is 5.02 Å². The smallest absolute Gasteiger partial charge is 0.116 e.